The molecule has 0 aromatic rings. The third-order valence-electron chi connectivity index (χ3n) is 0.639. The Morgan fingerprint density at radius 1 is 1.14 bits per heavy atom. The van der Waals surface area contributed by atoms with Crippen molar-refractivity contribution in [3.63, 3.8) is 0 Å². The lowest BCUT2D eigenvalue weighted by molar-refractivity contribution is 0.944. The quantitative estimate of drug-likeness (QED) is 0.425. The molecule has 0 saturated heterocycles. The van der Waals surface area contributed by atoms with Gasteiger partial charge >= 0.3 is 0 Å². The summed E-state index contributed by atoms with van der Waals surface area (Å²) in [6.45, 7) is 0. The van der Waals surface area contributed by atoms with Gasteiger partial charge < -0.3 is 0 Å². The second-order valence-corrected chi connectivity index (χ2v) is 2.34. The molecule has 7 heavy (non-hydrogen) atoms. The number of hydrogen-bond donors (Lipinski definition) is 0. The van der Waals surface area contributed by atoms with Gasteiger partial charge in [-0.15, -0.1) is 0 Å². The first-order valence-electron chi connectivity index (χ1n) is 1.96. The molecule has 0 N–H and O–H groups in total. The van der Waals surface area contributed by atoms with E-state index < -0.39 is 10.9 Å². The highest BCUT2D eigenvalue weighted by Crippen LogP contribution is 2.16. The molecule has 0 saturated carbocycles. The molecule has 0 aliphatic carbocycles. The highest BCUT2D eigenvalue weighted by Gasteiger charge is 1.81. The van der Waals surface area contributed by atoms with Crippen molar-refractivity contribution in [3.05, 3.63) is 23.6 Å². The zero-order chi connectivity index (χ0) is 5.11. The zero-order valence-corrected chi connectivity index (χ0v) is 4.49. The molecule has 0 bridgehead atoms. The maximum absolute atomic E-state index is 12.0. The van der Waals surface area contributed by atoms with E-state index in [2.05, 4.69) is 0 Å². The summed E-state index contributed by atoms with van der Waals surface area (Å²) in [5.41, 5.74) is 0. The predicted octanol–water partition coefficient (Wildman–Crippen LogP) is 2.03. The average Bonchev–Trinajstić information content (AvgIpc) is 1.69. The van der Waals surface area contributed by atoms with Crippen molar-refractivity contribution < 1.29 is 3.89 Å². The van der Waals surface area contributed by atoms with E-state index in [1.54, 1.807) is 12.2 Å². The van der Waals surface area contributed by atoms with Crippen LogP contribution in [0.1, 0.15) is 0 Å². The minimum Gasteiger partial charge on any atom is -0.169 e. The Bertz CT molecular complexity index is 144. The van der Waals surface area contributed by atoms with Gasteiger partial charge in [-0.1, -0.05) is 18.2 Å². The maximum Gasteiger partial charge on any atom is 0.0143 e. The van der Waals surface area contributed by atoms with Crippen LogP contribution in [0.4, 0.5) is 3.89 Å². The summed E-state index contributed by atoms with van der Waals surface area (Å²) in [7, 11) is -1.08. The summed E-state index contributed by atoms with van der Waals surface area (Å²) in [4.78, 5) is 0. The highest BCUT2D eigenvalue weighted by atomic mass is 32.2. The second-order valence-electron chi connectivity index (χ2n) is 1.16. The predicted molar refractivity (Wildman–Crippen MR) is 33.0 cm³/mol. The Morgan fingerprint density at radius 3 is 2.29 bits per heavy atom. The van der Waals surface area contributed by atoms with Crippen LogP contribution in [0, 0.1) is 0 Å². The third-order valence-corrected chi connectivity index (χ3v) is 1.47. The van der Waals surface area contributed by atoms with E-state index in [1.807, 2.05) is 6.08 Å². The first-order valence-corrected chi connectivity index (χ1v) is 3.21. The van der Waals surface area contributed by atoms with Gasteiger partial charge in [0.15, 0.2) is 0 Å². The highest BCUT2D eigenvalue weighted by molar-refractivity contribution is 8.13. The lowest BCUT2D eigenvalue weighted by atomic mass is 10.5. The summed E-state index contributed by atoms with van der Waals surface area (Å²) >= 11 is 0. The van der Waals surface area contributed by atoms with Crippen molar-refractivity contribution in [2.24, 2.45) is 0 Å². The molecule has 0 nitrogen and oxygen atoms in total. The third kappa shape index (κ3) is 1.27. The number of halogens is 1. The van der Waals surface area contributed by atoms with Crippen LogP contribution in [0.15, 0.2) is 23.6 Å². The van der Waals surface area contributed by atoms with Gasteiger partial charge in [0.25, 0.3) is 0 Å². The van der Waals surface area contributed by atoms with Gasteiger partial charge in [0.05, 0.1) is 0 Å². The fourth-order valence-corrected chi connectivity index (χ4v) is 0.923. The van der Waals surface area contributed by atoms with Crippen molar-refractivity contribution in [1.29, 1.82) is 0 Å². The van der Waals surface area contributed by atoms with Crippen LogP contribution in [0.5, 0.6) is 0 Å². The molecule has 1 rings (SSSR count). The van der Waals surface area contributed by atoms with Crippen molar-refractivity contribution in [3.8, 4) is 0 Å². The minimum absolute atomic E-state index is 1.08. The normalized spacial score (nSPS) is 27.3. The fourth-order valence-electron chi connectivity index (χ4n) is 0.350. The van der Waals surface area contributed by atoms with Crippen LogP contribution in [-0.2, 0) is 0 Å². The topological polar surface area (TPSA) is 0 Å². The van der Waals surface area contributed by atoms with Gasteiger partial charge in [0.2, 0.25) is 0 Å². The first kappa shape index (κ1) is 4.78. The SMILES string of the molecule is FS1=CC=CC=C1. The van der Waals surface area contributed by atoms with Crippen LogP contribution >= 0.6 is 10.9 Å². The molecule has 1 heterocycles. The molecule has 0 aromatic heterocycles. The average molecular weight is 116 g/mol. The second kappa shape index (κ2) is 2.07. The standard InChI is InChI=1S/C5H5FS/c6-7-4-2-1-3-5-7/h1-5H. The summed E-state index contributed by atoms with van der Waals surface area (Å²) in [5, 5.41) is 3.06. The molecule has 0 fully saturated rings. The van der Waals surface area contributed by atoms with E-state index in [-0.39, 0.29) is 0 Å². The molecular formula is C5H5FS. The maximum atomic E-state index is 12.0. The van der Waals surface area contributed by atoms with Gasteiger partial charge in [-0.2, -0.15) is 3.89 Å². The number of rotatable bonds is 0. The molecule has 2 heteroatoms. The van der Waals surface area contributed by atoms with Gasteiger partial charge in [-0.25, -0.2) is 0 Å². The monoisotopic (exact) mass is 116 g/mol. The van der Waals surface area contributed by atoms with Gasteiger partial charge in [-0.05, 0) is 10.8 Å². The number of allylic oxidation sites excluding steroid dienone is 3. The van der Waals surface area contributed by atoms with Crippen molar-refractivity contribution in [2.45, 2.75) is 0 Å². The van der Waals surface area contributed by atoms with E-state index in [9.17, 15) is 3.89 Å². The Morgan fingerprint density at radius 2 is 2.00 bits per heavy atom. The molecule has 0 spiro atoms. The molecule has 0 radical (unpaired) electrons. The molecular weight excluding hydrogens is 111 g/mol. The van der Waals surface area contributed by atoms with E-state index in [1.165, 1.54) is 10.8 Å². The largest absolute Gasteiger partial charge is 0.169 e. The van der Waals surface area contributed by atoms with Crippen LogP contribution in [0.25, 0.3) is 0 Å². The molecule has 0 amide bonds. The Kier molecular flexibility index (Phi) is 1.42. The van der Waals surface area contributed by atoms with Gasteiger partial charge in [0.1, 0.15) is 0 Å². The Balaban J connectivity index is 2.82. The van der Waals surface area contributed by atoms with Gasteiger partial charge in [0, 0.05) is 10.9 Å². The van der Waals surface area contributed by atoms with Crippen molar-refractivity contribution >= 4 is 16.2 Å². The van der Waals surface area contributed by atoms with E-state index in [0.717, 1.165) is 0 Å². The minimum atomic E-state index is -1.08. The summed E-state index contributed by atoms with van der Waals surface area (Å²) in [6.07, 6.45) is 5.23. The van der Waals surface area contributed by atoms with Crippen molar-refractivity contribution in [1.82, 2.24) is 0 Å². The molecule has 1 aliphatic heterocycles. The lowest BCUT2D eigenvalue weighted by Crippen LogP contribution is -1.64. The smallest absolute Gasteiger partial charge is 0.0143 e. The molecule has 1 unspecified atom stereocenters. The first-order chi connectivity index (χ1) is 3.39. The van der Waals surface area contributed by atoms with E-state index >= 15 is 0 Å². The lowest BCUT2D eigenvalue weighted by Gasteiger charge is -1.86. The van der Waals surface area contributed by atoms with Crippen LogP contribution in [-0.4, -0.2) is 5.37 Å². The summed E-state index contributed by atoms with van der Waals surface area (Å²) in [5.74, 6) is 0. The molecule has 1 aliphatic rings. The Labute approximate surface area is 44.6 Å². The van der Waals surface area contributed by atoms with Gasteiger partial charge in [-0.3, -0.25) is 0 Å². The summed E-state index contributed by atoms with van der Waals surface area (Å²) in [6, 6.07) is 0. The summed E-state index contributed by atoms with van der Waals surface area (Å²) < 4.78 is 12.0. The van der Waals surface area contributed by atoms with Crippen molar-refractivity contribution in [2.75, 3.05) is 0 Å². The van der Waals surface area contributed by atoms with Crippen LogP contribution < -0.4 is 0 Å². The molecule has 0 aromatic carbocycles. The van der Waals surface area contributed by atoms with E-state index in [0.29, 0.717) is 0 Å². The van der Waals surface area contributed by atoms with Crippen LogP contribution in [0.2, 0.25) is 0 Å². The number of hydrogen-bond acceptors (Lipinski definition) is 0. The Hall–Kier alpha value is -0.370. The van der Waals surface area contributed by atoms with Crippen LogP contribution in [0.3, 0.4) is 0 Å². The van der Waals surface area contributed by atoms with E-state index in [4.69, 9.17) is 0 Å². The molecule has 1 atom stereocenters. The fraction of sp³-hybridized carbons (Fsp3) is 0. The molecule has 38 valence electrons. The zero-order valence-electron chi connectivity index (χ0n) is 3.67.